The molecular weight excluding hydrogens is 300 g/mol. The molecule has 0 aliphatic carbocycles. The zero-order valence-corrected chi connectivity index (χ0v) is 12.8. The summed E-state index contributed by atoms with van der Waals surface area (Å²) in [4.78, 5) is 26.2. The molecule has 1 heterocycles. The van der Waals surface area contributed by atoms with E-state index in [1.165, 1.54) is 19.4 Å². The van der Waals surface area contributed by atoms with Gasteiger partial charge in [-0.1, -0.05) is 0 Å². The van der Waals surface area contributed by atoms with Gasteiger partial charge >= 0.3 is 0 Å². The summed E-state index contributed by atoms with van der Waals surface area (Å²) in [7, 11) is 1.45. The highest BCUT2D eigenvalue weighted by Crippen LogP contribution is 2.28. The fourth-order valence-electron chi connectivity index (χ4n) is 2.02. The molecule has 7 nitrogen and oxygen atoms in total. The second-order valence-corrected chi connectivity index (χ2v) is 4.94. The van der Waals surface area contributed by atoms with E-state index in [1.807, 2.05) is 0 Å². The third-order valence-corrected chi connectivity index (χ3v) is 3.08. The molecule has 0 amide bonds. The van der Waals surface area contributed by atoms with Crippen LogP contribution in [0.4, 0.5) is 5.69 Å². The lowest BCUT2D eigenvalue weighted by Crippen LogP contribution is -2.10. The van der Waals surface area contributed by atoms with Gasteiger partial charge in [0.05, 0.1) is 23.1 Å². The van der Waals surface area contributed by atoms with Crippen molar-refractivity contribution in [2.75, 3.05) is 13.7 Å². The Morgan fingerprint density at radius 3 is 2.70 bits per heavy atom. The number of nitro benzene ring substituents is 1. The van der Waals surface area contributed by atoms with Crippen molar-refractivity contribution in [2.45, 2.75) is 13.3 Å². The quantitative estimate of drug-likeness (QED) is 0.576. The molecule has 0 bridgehead atoms. The molecule has 0 fully saturated rings. The van der Waals surface area contributed by atoms with Gasteiger partial charge in [-0.25, -0.2) is 0 Å². The zero-order chi connectivity index (χ0) is 16.8. The molecule has 1 aromatic carbocycles. The summed E-state index contributed by atoms with van der Waals surface area (Å²) in [5, 5.41) is 11.0. The van der Waals surface area contributed by atoms with Crippen LogP contribution in [-0.4, -0.2) is 29.4 Å². The van der Waals surface area contributed by atoms with Crippen LogP contribution in [0.25, 0.3) is 0 Å². The van der Waals surface area contributed by atoms with Gasteiger partial charge in [-0.2, -0.15) is 0 Å². The minimum absolute atomic E-state index is 0.00736. The number of hydrogen-bond acceptors (Lipinski definition) is 6. The molecule has 0 aliphatic rings. The number of benzene rings is 1. The summed E-state index contributed by atoms with van der Waals surface area (Å²) in [6.45, 7) is 1.69. The van der Waals surface area contributed by atoms with Gasteiger partial charge in [-0.3, -0.25) is 19.9 Å². The van der Waals surface area contributed by atoms with Gasteiger partial charge < -0.3 is 9.47 Å². The van der Waals surface area contributed by atoms with Crippen molar-refractivity contribution >= 4 is 11.5 Å². The zero-order valence-electron chi connectivity index (χ0n) is 12.8. The van der Waals surface area contributed by atoms with E-state index in [0.717, 1.165) is 0 Å². The number of Topliss-reactive ketones (excluding diaryl/α,β-unsaturated/α-hetero) is 1. The van der Waals surface area contributed by atoms with Crippen molar-refractivity contribution in [3.05, 3.63) is 57.9 Å². The van der Waals surface area contributed by atoms with Crippen molar-refractivity contribution < 1.29 is 19.2 Å². The number of nitrogens with zero attached hydrogens (tertiary/aromatic N) is 2. The monoisotopic (exact) mass is 316 g/mol. The maximum absolute atomic E-state index is 11.6. The van der Waals surface area contributed by atoms with Crippen LogP contribution in [0.5, 0.6) is 11.5 Å². The van der Waals surface area contributed by atoms with Crippen LogP contribution >= 0.6 is 0 Å². The van der Waals surface area contributed by atoms with E-state index in [4.69, 9.17) is 9.47 Å². The SMILES string of the molecule is COCC(=O)Cc1cc(Oc2ccc(C)c([N+](=O)[O-])c2)ccn1. The number of ether oxygens (including phenoxy) is 2. The molecule has 0 saturated carbocycles. The van der Waals surface area contributed by atoms with E-state index < -0.39 is 4.92 Å². The summed E-state index contributed by atoms with van der Waals surface area (Å²) in [6, 6.07) is 7.89. The van der Waals surface area contributed by atoms with Crippen LogP contribution in [0.2, 0.25) is 0 Å². The largest absolute Gasteiger partial charge is 0.457 e. The predicted octanol–water partition coefficient (Wildman–Crippen LogP) is 2.85. The summed E-state index contributed by atoms with van der Waals surface area (Å²) < 4.78 is 10.4. The van der Waals surface area contributed by atoms with Crippen LogP contribution in [0.15, 0.2) is 36.5 Å². The number of carbonyl (C=O) groups excluding carboxylic acids is 1. The number of aryl methyl sites for hydroxylation is 1. The maximum atomic E-state index is 11.6. The Morgan fingerprint density at radius 2 is 2.00 bits per heavy atom. The Labute approximate surface area is 133 Å². The minimum Gasteiger partial charge on any atom is -0.457 e. The van der Waals surface area contributed by atoms with E-state index in [-0.39, 0.29) is 24.5 Å². The molecule has 120 valence electrons. The highest BCUT2D eigenvalue weighted by molar-refractivity contribution is 5.81. The Hall–Kier alpha value is -2.80. The fraction of sp³-hybridized carbons (Fsp3) is 0.250. The van der Waals surface area contributed by atoms with Gasteiger partial charge in [0, 0.05) is 24.9 Å². The van der Waals surface area contributed by atoms with E-state index in [0.29, 0.717) is 22.8 Å². The lowest BCUT2D eigenvalue weighted by Gasteiger charge is -2.08. The van der Waals surface area contributed by atoms with Gasteiger partial charge in [-0.05, 0) is 25.1 Å². The van der Waals surface area contributed by atoms with E-state index in [9.17, 15) is 14.9 Å². The third kappa shape index (κ3) is 4.58. The van der Waals surface area contributed by atoms with Gasteiger partial charge in [-0.15, -0.1) is 0 Å². The summed E-state index contributed by atoms with van der Waals surface area (Å²) >= 11 is 0. The number of hydrogen-bond donors (Lipinski definition) is 0. The first-order valence-corrected chi connectivity index (χ1v) is 6.88. The van der Waals surface area contributed by atoms with Gasteiger partial charge in [0.25, 0.3) is 5.69 Å². The van der Waals surface area contributed by atoms with Crippen molar-refractivity contribution in [3.63, 3.8) is 0 Å². The van der Waals surface area contributed by atoms with Crippen LogP contribution in [0.3, 0.4) is 0 Å². The van der Waals surface area contributed by atoms with E-state index >= 15 is 0 Å². The number of rotatable bonds is 7. The number of ketones is 1. The Kier molecular flexibility index (Phi) is 5.37. The van der Waals surface area contributed by atoms with Crippen LogP contribution in [0, 0.1) is 17.0 Å². The molecule has 0 unspecified atom stereocenters. The first kappa shape index (κ1) is 16.6. The summed E-state index contributed by atoms with van der Waals surface area (Å²) in [6.07, 6.45) is 1.66. The normalized spacial score (nSPS) is 10.3. The van der Waals surface area contributed by atoms with Crippen LogP contribution in [-0.2, 0) is 16.0 Å². The third-order valence-electron chi connectivity index (χ3n) is 3.08. The number of carbonyl (C=O) groups is 1. The van der Waals surface area contributed by atoms with E-state index in [2.05, 4.69) is 4.98 Å². The van der Waals surface area contributed by atoms with Crippen molar-refractivity contribution in [1.82, 2.24) is 4.98 Å². The number of aromatic nitrogens is 1. The molecule has 0 radical (unpaired) electrons. The second kappa shape index (κ2) is 7.46. The maximum Gasteiger partial charge on any atom is 0.276 e. The molecule has 23 heavy (non-hydrogen) atoms. The Morgan fingerprint density at radius 1 is 1.26 bits per heavy atom. The smallest absolute Gasteiger partial charge is 0.276 e. The molecule has 0 N–H and O–H groups in total. The van der Waals surface area contributed by atoms with Crippen LogP contribution < -0.4 is 4.74 Å². The Balaban J connectivity index is 2.16. The highest BCUT2D eigenvalue weighted by atomic mass is 16.6. The first-order valence-electron chi connectivity index (χ1n) is 6.88. The highest BCUT2D eigenvalue weighted by Gasteiger charge is 2.12. The number of nitro groups is 1. The lowest BCUT2D eigenvalue weighted by atomic mass is 10.2. The van der Waals surface area contributed by atoms with E-state index in [1.54, 1.807) is 31.2 Å². The second-order valence-electron chi connectivity index (χ2n) is 4.94. The Bertz CT molecular complexity index is 730. The topological polar surface area (TPSA) is 91.6 Å². The molecule has 7 heteroatoms. The molecule has 0 spiro atoms. The summed E-state index contributed by atoms with van der Waals surface area (Å²) in [5.74, 6) is 0.712. The van der Waals surface area contributed by atoms with Crippen molar-refractivity contribution in [3.8, 4) is 11.5 Å². The lowest BCUT2D eigenvalue weighted by molar-refractivity contribution is -0.385. The molecular formula is C16H16N2O5. The van der Waals surface area contributed by atoms with Crippen molar-refractivity contribution in [1.29, 1.82) is 0 Å². The molecule has 0 aliphatic heterocycles. The number of methoxy groups -OCH3 is 1. The average Bonchev–Trinajstić information content (AvgIpc) is 2.49. The fourth-order valence-corrected chi connectivity index (χ4v) is 2.02. The van der Waals surface area contributed by atoms with Crippen LogP contribution in [0.1, 0.15) is 11.3 Å². The van der Waals surface area contributed by atoms with Gasteiger partial charge in [0.1, 0.15) is 18.1 Å². The van der Waals surface area contributed by atoms with Gasteiger partial charge in [0.15, 0.2) is 5.78 Å². The molecule has 1 aromatic heterocycles. The first-order chi connectivity index (χ1) is 11.0. The molecule has 2 rings (SSSR count). The van der Waals surface area contributed by atoms with Gasteiger partial charge in [0.2, 0.25) is 0 Å². The summed E-state index contributed by atoms with van der Waals surface area (Å²) in [5.41, 5.74) is 1.10. The molecule has 0 atom stereocenters. The standard InChI is InChI=1S/C16H16N2O5/c1-11-3-4-14(9-16(11)18(20)21)23-15-5-6-17-12(8-15)7-13(19)10-22-2/h3-6,8-9H,7,10H2,1-2H3. The number of pyridine rings is 1. The molecule has 2 aromatic rings. The minimum atomic E-state index is -0.455. The predicted molar refractivity (Wildman–Crippen MR) is 82.7 cm³/mol. The van der Waals surface area contributed by atoms with Crippen molar-refractivity contribution in [2.24, 2.45) is 0 Å². The molecule has 0 saturated heterocycles. The average molecular weight is 316 g/mol.